The monoisotopic (exact) mass is 543 g/mol. The van der Waals surface area contributed by atoms with Crippen molar-refractivity contribution in [1.82, 2.24) is 4.31 Å². The van der Waals surface area contributed by atoms with E-state index in [0.29, 0.717) is 16.3 Å². The zero-order valence-electron chi connectivity index (χ0n) is 21.0. The molecule has 4 rings (SSSR count). The van der Waals surface area contributed by atoms with Crippen molar-refractivity contribution in [2.75, 3.05) is 24.3 Å². The molecule has 6 nitrogen and oxygen atoms in total. The van der Waals surface area contributed by atoms with Crippen LogP contribution < -0.4 is 10.2 Å². The van der Waals surface area contributed by atoms with Gasteiger partial charge in [0.05, 0.1) is 4.90 Å². The molecule has 1 fully saturated rings. The Morgan fingerprint density at radius 3 is 2.35 bits per heavy atom. The number of carbonyl (C=O) groups is 1. The second kappa shape index (κ2) is 11.6. The number of sulfonamides is 1. The zero-order chi connectivity index (χ0) is 26.6. The number of hydrogen-bond donors (Lipinski definition) is 1. The fraction of sp³-hybridized carbons (Fsp3) is 0.321. The third-order valence-corrected chi connectivity index (χ3v) is 8.63. The van der Waals surface area contributed by atoms with E-state index in [1.165, 1.54) is 28.6 Å². The number of rotatable bonds is 9. The Morgan fingerprint density at radius 2 is 1.70 bits per heavy atom. The summed E-state index contributed by atoms with van der Waals surface area (Å²) in [5, 5.41) is 3.33. The Kier molecular flexibility index (Phi) is 8.52. The normalized spacial score (nSPS) is 14.2. The summed E-state index contributed by atoms with van der Waals surface area (Å²) in [7, 11) is -0.212. The highest BCUT2D eigenvalue weighted by Gasteiger charge is 2.27. The van der Waals surface area contributed by atoms with Crippen molar-refractivity contribution in [2.45, 2.75) is 43.7 Å². The SMILES string of the molecule is CN(C)c1ccc(NC(=O)C2CCCC2)cc1CN(Cc1ccc(F)cc1)S(=O)(=O)c1cccc(Cl)c1. The molecular formula is C28H31ClFN3O3S. The van der Waals surface area contributed by atoms with Crippen LogP contribution in [0.2, 0.25) is 5.02 Å². The van der Waals surface area contributed by atoms with Crippen LogP contribution in [0.15, 0.2) is 71.6 Å². The maximum Gasteiger partial charge on any atom is 0.243 e. The molecule has 0 saturated heterocycles. The molecule has 1 aliphatic rings. The van der Waals surface area contributed by atoms with Crippen LogP contribution in [0.4, 0.5) is 15.8 Å². The maximum absolute atomic E-state index is 13.8. The molecule has 0 atom stereocenters. The number of anilines is 2. The molecule has 37 heavy (non-hydrogen) atoms. The second-order valence-corrected chi connectivity index (χ2v) is 11.9. The van der Waals surface area contributed by atoms with Crippen molar-refractivity contribution < 1.29 is 17.6 Å². The van der Waals surface area contributed by atoms with Gasteiger partial charge in [-0.3, -0.25) is 4.79 Å². The molecule has 0 aromatic heterocycles. The summed E-state index contributed by atoms with van der Waals surface area (Å²) in [6, 6.07) is 17.4. The molecule has 1 aliphatic carbocycles. The summed E-state index contributed by atoms with van der Waals surface area (Å²) in [4.78, 5) is 14.7. The highest BCUT2D eigenvalue weighted by Crippen LogP contribution is 2.30. The van der Waals surface area contributed by atoms with Gasteiger partial charge in [-0.25, -0.2) is 12.8 Å². The number of hydrogen-bond acceptors (Lipinski definition) is 4. The lowest BCUT2D eigenvalue weighted by Crippen LogP contribution is -2.31. The third-order valence-electron chi connectivity index (χ3n) is 6.61. The summed E-state index contributed by atoms with van der Waals surface area (Å²) in [5.74, 6) is -0.389. The predicted molar refractivity (Wildman–Crippen MR) is 146 cm³/mol. The summed E-state index contributed by atoms with van der Waals surface area (Å²) in [6.07, 6.45) is 3.89. The lowest BCUT2D eigenvalue weighted by molar-refractivity contribution is -0.119. The molecule has 0 bridgehead atoms. The van der Waals surface area contributed by atoms with E-state index in [4.69, 9.17) is 11.6 Å². The van der Waals surface area contributed by atoms with E-state index < -0.39 is 15.8 Å². The summed E-state index contributed by atoms with van der Waals surface area (Å²) in [5.41, 5.74) is 2.81. The van der Waals surface area contributed by atoms with Gasteiger partial charge in [-0.1, -0.05) is 42.6 Å². The van der Waals surface area contributed by atoms with Crippen LogP contribution >= 0.6 is 11.6 Å². The van der Waals surface area contributed by atoms with Crippen LogP contribution in [0.5, 0.6) is 0 Å². The first-order valence-electron chi connectivity index (χ1n) is 12.2. The van der Waals surface area contributed by atoms with E-state index in [1.54, 1.807) is 24.3 Å². The average molecular weight is 544 g/mol. The minimum absolute atomic E-state index is 0.00392. The lowest BCUT2D eigenvalue weighted by atomic mass is 10.1. The minimum Gasteiger partial charge on any atom is -0.377 e. The van der Waals surface area contributed by atoms with Gasteiger partial charge in [0.1, 0.15) is 5.82 Å². The first-order chi connectivity index (χ1) is 17.6. The van der Waals surface area contributed by atoms with E-state index in [0.717, 1.165) is 36.9 Å². The Balaban J connectivity index is 1.70. The van der Waals surface area contributed by atoms with Gasteiger partial charge in [-0.15, -0.1) is 0 Å². The van der Waals surface area contributed by atoms with Gasteiger partial charge in [-0.2, -0.15) is 4.31 Å². The van der Waals surface area contributed by atoms with Crippen molar-refractivity contribution in [3.63, 3.8) is 0 Å². The molecular weight excluding hydrogens is 513 g/mol. The number of halogens is 2. The lowest BCUT2D eigenvalue weighted by Gasteiger charge is -2.26. The van der Waals surface area contributed by atoms with Crippen LogP contribution in [0, 0.1) is 11.7 Å². The van der Waals surface area contributed by atoms with Crippen LogP contribution in [0.3, 0.4) is 0 Å². The highest BCUT2D eigenvalue weighted by molar-refractivity contribution is 7.89. The van der Waals surface area contributed by atoms with Gasteiger partial charge < -0.3 is 10.2 Å². The summed E-state index contributed by atoms with van der Waals surface area (Å²) in [6.45, 7) is 0.0630. The molecule has 0 unspecified atom stereocenters. The summed E-state index contributed by atoms with van der Waals surface area (Å²) < 4.78 is 42.5. The molecule has 0 aliphatic heterocycles. The van der Waals surface area contributed by atoms with Crippen LogP contribution in [-0.4, -0.2) is 32.7 Å². The van der Waals surface area contributed by atoms with Crippen LogP contribution in [0.25, 0.3) is 0 Å². The third kappa shape index (κ3) is 6.69. The number of carbonyl (C=O) groups excluding carboxylic acids is 1. The molecule has 0 spiro atoms. The summed E-state index contributed by atoms with van der Waals surface area (Å²) >= 11 is 6.11. The number of nitrogens with one attached hydrogen (secondary N) is 1. The van der Waals surface area contributed by atoms with Crippen molar-refractivity contribution >= 4 is 38.9 Å². The van der Waals surface area contributed by atoms with Crippen LogP contribution in [0.1, 0.15) is 36.8 Å². The molecule has 1 N–H and O–H groups in total. The smallest absolute Gasteiger partial charge is 0.243 e. The molecule has 1 saturated carbocycles. The topological polar surface area (TPSA) is 69.7 Å². The average Bonchev–Trinajstić information content (AvgIpc) is 3.40. The quantitative estimate of drug-likeness (QED) is 0.356. The number of nitrogens with zero attached hydrogens (tertiary/aromatic N) is 2. The van der Waals surface area contributed by atoms with Crippen molar-refractivity contribution in [1.29, 1.82) is 0 Å². The number of benzene rings is 3. The fourth-order valence-electron chi connectivity index (χ4n) is 4.64. The Bertz CT molecular complexity index is 1360. The van der Waals surface area contributed by atoms with Gasteiger partial charge in [0.25, 0.3) is 0 Å². The number of amides is 1. The fourth-order valence-corrected chi connectivity index (χ4v) is 6.35. The van der Waals surface area contributed by atoms with Crippen molar-refractivity contribution in [3.8, 4) is 0 Å². The van der Waals surface area contributed by atoms with Gasteiger partial charge in [-0.05, 0) is 72.5 Å². The molecule has 0 heterocycles. The second-order valence-electron chi connectivity index (χ2n) is 9.57. The van der Waals surface area contributed by atoms with E-state index in [2.05, 4.69) is 5.32 Å². The van der Waals surface area contributed by atoms with Gasteiger partial charge in [0, 0.05) is 49.5 Å². The molecule has 1 amide bonds. The van der Waals surface area contributed by atoms with E-state index in [-0.39, 0.29) is 29.8 Å². The maximum atomic E-state index is 13.8. The molecule has 9 heteroatoms. The predicted octanol–water partition coefficient (Wildman–Crippen LogP) is 6.06. The standard InChI is InChI=1S/C28H31ClFN3O3S/c1-32(2)27-15-14-25(31-28(34)21-6-3-4-7-21)16-22(27)19-33(18-20-10-12-24(30)13-11-20)37(35,36)26-9-5-8-23(29)17-26/h5,8-17,21H,3-4,6-7,18-19H2,1-2H3,(H,31,34). The van der Waals surface area contributed by atoms with Gasteiger partial charge >= 0.3 is 0 Å². The minimum atomic E-state index is -3.97. The molecule has 0 radical (unpaired) electrons. The van der Waals surface area contributed by atoms with E-state index in [9.17, 15) is 17.6 Å². The Morgan fingerprint density at radius 1 is 1.00 bits per heavy atom. The van der Waals surface area contributed by atoms with Crippen LogP contribution in [-0.2, 0) is 27.9 Å². The van der Waals surface area contributed by atoms with Crippen molar-refractivity contribution in [3.05, 3.63) is 88.7 Å². The molecule has 3 aromatic rings. The van der Waals surface area contributed by atoms with Gasteiger partial charge in [0.2, 0.25) is 15.9 Å². The first kappa shape index (κ1) is 27.1. The van der Waals surface area contributed by atoms with E-state index >= 15 is 0 Å². The highest BCUT2D eigenvalue weighted by atomic mass is 35.5. The van der Waals surface area contributed by atoms with Crippen molar-refractivity contribution in [2.24, 2.45) is 5.92 Å². The Hall–Kier alpha value is -2.94. The van der Waals surface area contributed by atoms with E-state index in [1.807, 2.05) is 37.2 Å². The largest absolute Gasteiger partial charge is 0.377 e. The Labute approximate surface area is 223 Å². The molecule has 3 aromatic carbocycles. The zero-order valence-corrected chi connectivity index (χ0v) is 22.5. The first-order valence-corrected chi connectivity index (χ1v) is 14.1. The van der Waals surface area contributed by atoms with Gasteiger partial charge in [0.15, 0.2) is 0 Å². The molecule has 196 valence electrons.